The number of ether oxygens (including phenoxy) is 1. The van der Waals surface area contributed by atoms with Gasteiger partial charge in [0.1, 0.15) is 11.6 Å². The van der Waals surface area contributed by atoms with E-state index < -0.39 is 17.9 Å². The second-order valence-electron chi connectivity index (χ2n) is 2.82. The highest BCUT2D eigenvalue weighted by atomic mass is 32.1. The molecule has 0 aromatic heterocycles. The molecule has 1 nitrogen and oxygen atoms in total. The Labute approximate surface area is 95.1 Å². The van der Waals surface area contributed by atoms with Crippen LogP contribution >= 0.6 is 12.6 Å². The van der Waals surface area contributed by atoms with Gasteiger partial charge in [0.2, 0.25) is 0 Å². The number of halogens is 4. The molecular weight excluding hydrogens is 244 g/mol. The molecule has 0 radical (unpaired) electrons. The van der Waals surface area contributed by atoms with Crippen LogP contribution in [-0.4, -0.2) is 12.1 Å². The molecule has 0 N–H and O–H groups in total. The van der Waals surface area contributed by atoms with Crippen LogP contribution in [0.15, 0.2) is 24.3 Å². The number of hydrogen-bond acceptors (Lipinski definition) is 2. The van der Waals surface area contributed by atoms with Crippen LogP contribution in [0.3, 0.4) is 0 Å². The van der Waals surface area contributed by atoms with Gasteiger partial charge >= 0.3 is 6.36 Å². The van der Waals surface area contributed by atoms with E-state index in [1.54, 1.807) is 0 Å². The van der Waals surface area contributed by atoms with Crippen molar-refractivity contribution in [3.05, 3.63) is 35.7 Å². The standard InChI is InChI=1S/C10H8F4OS/c11-9-4-3-8(15-10(12,13)14)6-7(9)2-1-5-16/h1-4,6,16H,5H2. The largest absolute Gasteiger partial charge is 0.573 e. The maximum Gasteiger partial charge on any atom is 0.573 e. The molecule has 0 aliphatic heterocycles. The van der Waals surface area contributed by atoms with Gasteiger partial charge in [0, 0.05) is 11.3 Å². The zero-order valence-corrected chi connectivity index (χ0v) is 8.86. The number of alkyl halides is 3. The summed E-state index contributed by atoms with van der Waals surface area (Å²) in [6, 6.07) is 2.81. The van der Waals surface area contributed by atoms with Crippen molar-refractivity contribution in [2.45, 2.75) is 6.36 Å². The number of rotatable bonds is 3. The fraction of sp³-hybridized carbons (Fsp3) is 0.200. The first-order valence-corrected chi connectivity index (χ1v) is 4.88. The van der Waals surface area contributed by atoms with Gasteiger partial charge in [-0.25, -0.2) is 4.39 Å². The minimum absolute atomic E-state index is 0.0239. The zero-order chi connectivity index (χ0) is 12.2. The van der Waals surface area contributed by atoms with Gasteiger partial charge in [-0.15, -0.1) is 13.2 Å². The van der Waals surface area contributed by atoms with E-state index in [0.29, 0.717) is 5.75 Å². The molecule has 0 spiro atoms. The van der Waals surface area contributed by atoms with E-state index in [2.05, 4.69) is 17.4 Å². The van der Waals surface area contributed by atoms with Gasteiger partial charge in [0.25, 0.3) is 0 Å². The topological polar surface area (TPSA) is 9.23 Å². The smallest absolute Gasteiger partial charge is 0.406 e. The van der Waals surface area contributed by atoms with Crippen LogP contribution in [0.25, 0.3) is 6.08 Å². The molecule has 0 bridgehead atoms. The Morgan fingerprint density at radius 1 is 1.31 bits per heavy atom. The van der Waals surface area contributed by atoms with Crippen LogP contribution in [0, 0.1) is 5.82 Å². The SMILES string of the molecule is Fc1ccc(OC(F)(F)F)cc1C=CCS. The Hall–Kier alpha value is -1.17. The van der Waals surface area contributed by atoms with Crippen LogP contribution in [-0.2, 0) is 0 Å². The Balaban J connectivity index is 2.94. The molecule has 16 heavy (non-hydrogen) atoms. The van der Waals surface area contributed by atoms with E-state index in [1.165, 1.54) is 12.2 Å². The first-order chi connectivity index (χ1) is 7.42. The van der Waals surface area contributed by atoms with Crippen molar-refractivity contribution in [3.8, 4) is 5.75 Å². The lowest BCUT2D eigenvalue weighted by atomic mass is 10.2. The summed E-state index contributed by atoms with van der Waals surface area (Å²) in [5, 5.41) is 0. The van der Waals surface area contributed by atoms with Gasteiger partial charge in [-0.1, -0.05) is 12.2 Å². The molecule has 0 unspecified atom stereocenters. The highest BCUT2D eigenvalue weighted by Crippen LogP contribution is 2.25. The van der Waals surface area contributed by atoms with Crippen LogP contribution in [0.5, 0.6) is 5.75 Å². The predicted octanol–water partition coefficient (Wildman–Crippen LogP) is 3.67. The molecule has 0 saturated heterocycles. The number of hydrogen-bond donors (Lipinski definition) is 1. The predicted molar refractivity (Wildman–Crippen MR) is 56.0 cm³/mol. The van der Waals surface area contributed by atoms with E-state index in [4.69, 9.17) is 0 Å². The fourth-order valence-electron chi connectivity index (χ4n) is 1.03. The maximum atomic E-state index is 13.1. The molecule has 1 aromatic carbocycles. The van der Waals surface area contributed by atoms with Gasteiger partial charge in [0.05, 0.1) is 0 Å². The first kappa shape index (κ1) is 12.9. The van der Waals surface area contributed by atoms with Crippen LogP contribution < -0.4 is 4.74 Å². The summed E-state index contributed by atoms with van der Waals surface area (Å²) in [6.07, 6.45) is -1.92. The molecule has 0 atom stereocenters. The number of benzene rings is 1. The van der Waals surface area contributed by atoms with Crippen LogP contribution in [0.1, 0.15) is 5.56 Å². The average molecular weight is 252 g/mol. The van der Waals surface area contributed by atoms with Crippen LogP contribution in [0.4, 0.5) is 17.6 Å². The molecule has 1 aromatic rings. The molecule has 0 heterocycles. The Morgan fingerprint density at radius 3 is 2.56 bits per heavy atom. The van der Waals surface area contributed by atoms with Gasteiger partial charge in [-0.3, -0.25) is 0 Å². The van der Waals surface area contributed by atoms with Crippen molar-refractivity contribution in [1.82, 2.24) is 0 Å². The third-order valence-corrected chi connectivity index (χ3v) is 1.81. The van der Waals surface area contributed by atoms with Gasteiger partial charge < -0.3 is 4.74 Å². The van der Waals surface area contributed by atoms with Crippen molar-refractivity contribution < 1.29 is 22.3 Å². The van der Waals surface area contributed by atoms with E-state index >= 15 is 0 Å². The summed E-state index contributed by atoms with van der Waals surface area (Å²) < 4.78 is 52.4. The third kappa shape index (κ3) is 4.14. The van der Waals surface area contributed by atoms with Crippen molar-refractivity contribution in [3.63, 3.8) is 0 Å². The molecule has 0 amide bonds. The lowest BCUT2D eigenvalue weighted by Gasteiger charge is -2.09. The fourth-order valence-corrected chi connectivity index (χ4v) is 1.13. The molecule has 0 fully saturated rings. The molecule has 0 aliphatic rings. The first-order valence-electron chi connectivity index (χ1n) is 4.25. The summed E-state index contributed by atoms with van der Waals surface area (Å²) in [7, 11) is 0. The van der Waals surface area contributed by atoms with Gasteiger partial charge in [0.15, 0.2) is 0 Å². The second-order valence-corrected chi connectivity index (χ2v) is 3.18. The number of thiol groups is 1. The highest BCUT2D eigenvalue weighted by Gasteiger charge is 2.31. The Bertz CT molecular complexity index is 387. The summed E-state index contributed by atoms with van der Waals surface area (Å²) in [5.41, 5.74) is 0.0239. The quantitative estimate of drug-likeness (QED) is 0.638. The minimum Gasteiger partial charge on any atom is -0.406 e. The summed E-state index contributed by atoms with van der Waals surface area (Å²) in [5.74, 6) is -0.704. The van der Waals surface area contributed by atoms with Gasteiger partial charge in [-0.2, -0.15) is 12.6 Å². The lowest BCUT2D eigenvalue weighted by Crippen LogP contribution is -2.17. The molecule has 0 aliphatic carbocycles. The molecular formula is C10H8F4OS. The van der Waals surface area contributed by atoms with Gasteiger partial charge in [-0.05, 0) is 18.2 Å². The van der Waals surface area contributed by atoms with E-state index in [0.717, 1.165) is 18.2 Å². The molecule has 88 valence electrons. The normalized spacial score (nSPS) is 12.1. The molecule has 0 saturated carbocycles. The van der Waals surface area contributed by atoms with E-state index in [-0.39, 0.29) is 5.56 Å². The second kappa shape index (κ2) is 5.25. The van der Waals surface area contributed by atoms with Crippen molar-refractivity contribution >= 4 is 18.7 Å². The van der Waals surface area contributed by atoms with Crippen molar-refractivity contribution in [2.75, 3.05) is 5.75 Å². The summed E-state index contributed by atoms with van der Waals surface area (Å²) >= 11 is 3.86. The molecule has 6 heteroatoms. The van der Waals surface area contributed by atoms with Crippen molar-refractivity contribution in [1.29, 1.82) is 0 Å². The highest BCUT2D eigenvalue weighted by molar-refractivity contribution is 7.80. The monoisotopic (exact) mass is 252 g/mol. The van der Waals surface area contributed by atoms with E-state index in [1.807, 2.05) is 0 Å². The summed E-state index contributed by atoms with van der Waals surface area (Å²) in [6.45, 7) is 0. The summed E-state index contributed by atoms with van der Waals surface area (Å²) in [4.78, 5) is 0. The third-order valence-electron chi connectivity index (χ3n) is 1.60. The van der Waals surface area contributed by atoms with E-state index in [9.17, 15) is 17.6 Å². The molecule has 1 rings (SSSR count). The Morgan fingerprint density at radius 2 is 2.00 bits per heavy atom. The average Bonchev–Trinajstić information content (AvgIpc) is 2.17. The van der Waals surface area contributed by atoms with Crippen LogP contribution in [0.2, 0.25) is 0 Å². The van der Waals surface area contributed by atoms with Crippen molar-refractivity contribution in [2.24, 2.45) is 0 Å². The Kier molecular flexibility index (Phi) is 4.23. The maximum absolute atomic E-state index is 13.1. The minimum atomic E-state index is -4.78. The lowest BCUT2D eigenvalue weighted by molar-refractivity contribution is -0.274. The zero-order valence-electron chi connectivity index (χ0n) is 7.96.